The van der Waals surface area contributed by atoms with Crippen LogP contribution in [0.1, 0.15) is 24.8 Å². The van der Waals surface area contributed by atoms with Gasteiger partial charge in [0.15, 0.2) is 0 Å². The molecule has 0 unspecified atom stereocenters. The minimum atomic E-state index is -2.49. The summed E-state index contributed by atoms with van der Waals surface area (Å²) in [4.78, 5) is 29.5. The Labute approximate surface area is 223 Å². The van der Waals surface area contributed by atoms with Crippen molar-refractivity contribution in [1.82, 2.24) is 9.97 Å². The van der Waals surface area contributed by atoms with Crippen molar-refractivity contribution in [3.63, 3.8) is 0 Å². The molecule has 1 saturated carbocycles. The zero-order valence-corrected chi connectivity index (χ0v) is 21.3. The number of aryl methyl sites for hydroxylation is 1. The first-order chi connectivity index (χ1) is 18.7. The van der Waals surface area contributed by atoms with Gasteiger partial charge in [-0.25, -0.2) is 23.1 Å². The molecule has 208 valence electrons. The van der Waals surface area contributed by atoms with Crippen LogP contribution in [0.4, 0.5) is 24.7 Å². The van der Waals surface area contributed by atoms with Crippen molar-refractivity contribution in [3.05, 3.63) is 54.0 Å². The predicted octanol–water partition coefficient (Wildman–Crippen LogP) is 4.15. The zero-order chi connectivity index (χ0) is 28.4. The van der Waals surface area contributed by atoms with Crippen LogP contribution in [-0.2, 0) is 9.59 Å². The molecule has 0 bridgehead atoms. The molecule has 2 amide bonds. The highest BCUT2D eigenvalue weighted by atomic mass is 19.3. The lowest BCUT2D eigenvalue weighted by Gasteiger charge is -2.15. The van der Waals surface area contributed by atoms with Gasteiger partial charge in [-0.3, -0.25) is 9.59 Å². The van der Waals surface area contributed by atoms with Crippen LogP contribution >= 0.6 is 0 Å². The van der Waals surface area contributed by atoms with Crippen LogP contribution in [0.5, 0.6) is 5.88 Å². The second-order valence-electron chi connectivity index (χ2n) is 8.73. The third-order valence-corrected chi connectivity index (χ3v) is 5.70. The first-order valence-electron chi connectivity index (χ1n) is 12.3. The van der Waals surface area contributed by atoms with Crippen LogP contribution in [0.3, 0.4) is 0 Å². The largest absolute Gasteiger partial charge is 0.475 e. The molecule has 4 rings (SSSR count). The number of carbonyl (C=O) groups is 2. The second-order valence-corrected chi connectivity index (χ2v) is 8.73. The number of amides is 2. The van der Waals surface area contributed by atoms with E-state index in [2.05, 4.69) is 26.3 Å². The number of halogens is 3. The van der Waals surface area contributed by atoms with Crippen molar-refractivity contribution in [2.24, 2.45) is 11.7 Å². The number of anilines is 2. The van der Waals surface area contributed by atoms with E-state index in [4.69, 9.17) is 9.53 Å². The van der Waals surface area contributed by atoms with Gasteiger partial charge in [0.1, 0.15) is 18.2 Å². The number of benzene rings is 1. The maximum Gasteiger partial charge on any atom is 0.240 e. The quantitative estimate of drug-likeness (QED) is 0.266. The monoisotopic (exact) mass is 545 g/mol. The lowest BCUT2D eigenvalue weighted by Crippen LogP contribution is -2.14. The van der Waals surface area contributed by atoms with E-state index >= 15 is 0 Å². The zero-order valence-electron chi connectivity index (χ0n) is 21.3. The van der Waals surface area contributed by atoms with Crippen LogP contribution in [0.25, 0.3) is 22.4 Å². The summed E-state index contributed by atoms with van der Waals surface area (Å²) in [5.74, 6) is 0.0648. The van der Waals surface area contributed by atoms with Crippen LogP contribution in [0.15, 0.2) is 42.6 Å². The number of nitrogens with one attached hydrogen (secondary N) is 2. The Balaban J connectivity index is 0.00000134. The maximum atomic E-state index is 14.5. The number of carbonyl (C=O) groups excluding carboxylic acids is 2. The fourth-order valence-electron chi connectivity index (χ4n) is 3.70. The van der Waals surface area contributed by atoms with Crippen LogP contribution in [0, 0.1) is 18.7 Å². The molecule has 0 saturated heterocycles. The van der Waals surface area contributed by atoms with E-state index in [9.17, 15) is 23.1 Å². The van der Waals surface area contributed by atoms with Crippen LogP contribution < -0.4 is 21.1 Å². The molecule has 3 aromatic rings. The fourth-order valence-corrected chi connectivity index (χ4v) is 3.70. The van der Waals surface area contributed by atoms with Gasteiger partial charge in [-0.15, -0.1) is 0 Å². The number of ether oxygens (including phenoxy) is 1. The first kappa shape index (κ1) is 29.4. The van der Waals surface area contributed by atoms with E-state index in [-0.39, 0.29) is 49.6 Å². The van der Waals surface area contributed by atoms with Gasteiger partial charge in [-0.05, 0) is 66.8 Å². The molecule has 5 N–H and O–H groups in total. The molecule has 1 aliphatic rings. The second kappa shape index (κ2) is 14.1. The van der Waals surface area contributed by atoms with E-state index in [0.29, 0.717) is 33.8 Å². The molecule has 0 spiro atoms. The molecule has 1 aliphatic carbocycles. The first-order valence-corrected chi connectivity index (χ1v) is 12.3. The SMILES string of the molecule is Cc1cc(F)c(NCCC(F)F)cc1-c1cc(OCCO)nc(-c2ccnc(NC(=O)C3CC3)c2)c1.NC=O. The highest BCUT2D eigenvalue weighted by Gasteiger charge is 2.29. The summed E-state index contributed by atoms with van der Waals surface area (Å²) in [6.07, 6.45) is 0.670. The topological polar surface area (TPSA) is 139 Å². The van der Waals surface area contributed by atoms with Crippen molar-refractivity contribution >= 4 is 23.8 Å². The van der Waals surface area contributed by atoms with Crippen molar-refractivity contribution in [2.75, 3.05) is 30.4 Å². The van der Waals surface area contributed by atoms with Crippen LogP contribution in [0.2, 0.25) is 0 Å². The average Bonchev–Trinajstić information content (AvgIpc) is 3.75. The maximum absolute atomic E-state index is 14.5. The Kier molecular flexibility index (Phi) is 10.6. The molecule has 39 heavy (non-hydrogen) atoms. The summed E-state index contributed by atoms with van der Waals surface area (Å²) in [7, 11) is 0. The smallest absolute Gasteiger partial charge is 0.240 e. The molecular weight excluding hydrogens is 515 g/mol. The van der Waals surface area contributed by atoms with Gasteiger partial charge >= 0.3 is 0 Å². The van der Waals surface area contributed by atoms with Gasteiger partial charge in [0.05, 0.1) is 18.0 Å². The van der Waals surface area contributed by atoms with E-state index in [1.807, 2.05) is 0 Å². The summed E-state index contributed by atoms with van der Waals surface area (Å²) >= 11 is 0. The highest BCUT2D eigenvalue weighted by Crippen LogP contribution is 2.34. The summed E-state index contributed by atoms with van der Waals surface area (Å²) in [6, 6.07) is 9.81. The number of aliphatic hydroxyl groups is 1. The Morgan fingerprint density at radius 3 is 2.64 bits per heavy atom. The number of hydrogen-bond donors (Lipinski definition) is 4. The number of hydrogen-bond acceptors (Lipinski definition) is 7. The highest BCUT2D eigenvalue weighted by molar-refractivity contribution is 5.93. The van der Waals surface area contributed by atoms with Crippen molar-refractivity contribution in [3.8, 4) is 28.3 Å². The minimum Gasteiger partial charge on any atom is -0.475 e. The number of nitrogens with zero attached hydrogens (tertiary/aromatic N) is 2. The number of aliphatic hydroxyl groups excluding tert-OH is 1. The predicted molar refractivity (Wildman–Crippen MR) is 141 cm³/mol. The van der Waals surface area contributed by atoms with Gasteiger partial charge in [-0.2, -0.15) is 0 Å². The molecule has 0 atom stereocenters. The summed E-state index contributed by atoms with van der Waals surface area (Å²) in [6.45, 7) is 1.49. The lowest BCUT2D eigenvalue weighted by molar-refractivity contribution is -0.117. The number of pyridine rings is 2. The van der Waals surface area contributed by atoms with Crippen molar-refractivity contribution in [1.29, 1.82) is 0 Å². The number of aromatic nitrogens is 2. The van der Waals surface area contributed by atoms with Crippen LogP contribution in [-0.4, -0.2) is 53.6 Å². The molecular formula is C27H30F3N5O4. The van der Waals surface area contributed by atoms with Gasteiger partial charge < -0.3 is 26.2 Å². The summed E-state index contributed by atoms with van der Waals surface area (Å²) in [5, 5.41) is 14.7. The van der Waals surface area contributed by atoms with Crippen molar-refractivity contribution in [2.45, 2.75) is 32.6 Å². The number of nitrogens with two attached hydrogens (primary N) is 1. The minimum absolute atomic E-state index is 0.0256. The molecule has 1 aromatic carbocycles. The standard InChI is InChI=1S/C26H27F3N4O3.CH3NO/c1-15-10-20(27)22(30-7-5-23(28)29)14-19(15)18-11-21(32-25(13-18)36-9-8-34)17-4-6-31-24(12-17)33-26(35)16-2-3-16;2-1-3/h4,6,10-14,16,23,30,34H,2-3,5,7-9H2,1H3,(H,31,33,35);1H,(H2,2,3). The van der Waals surface area contributed by atoms with Crippen molar-refractivity contribution < 1.29 is 32.6 Å². The van der Waals surface area contributed by atoms with Gasteiger partial charge in [0.2, 0.25) is 24.6 Å². The molecule has 2 heterocycles. The number of alkyl halides is 2. The molecule has 1 fully saturated rings. The normalized spacial score (nSPS) is 12.4. The van der Waals surface area contributed by atoms with E-state index < -0.39 is 18.7 Å². The summed E-state index contributed by atoms with van der Waals surface area (Å²) in [5.41, 5.74) is 7.40. The van der Waals surface area contributed by atoms with Gasteiger partial charge in [0.25, 0.3) is 0 Å². The van der Waals surface area contributed by atoms with E-state index in [1.165, 1.54) is 6.07 Å². The molecule has 9 nitrogen and oxygen atoms in total. The molecule has 0 aliphatic heterocycles. The Bertz CT molecular complexity index is 1290. The molecule has 0 radical (unpaired) electrons. The molecule has 12 heteroatoms. The number of primary amides is 1. The third kappa shape index (κ3) is 8.67. The van der Waals surface area contributed by atoms with E-state index in [1.54, 1.807) is 43.5 Å². The average molecular weight is 546 g/mol. The Morgan fingerprint density at radius 2 is 1.97 bits per heavy atom. The van der Waals surface area contributed by atoms with Gasteiger partial charge in [-0.1, -0.05) is 0 Å². The Morgan fingerprint density at radius 1 is 1.23 bits per heavy atom. The summed E-state index contributed by atoms with van der Waals surface area (Å²) < 4.78 is 45.2. The third-order valence-electron chi connectivity index (χ3n) is 5.70. The lowest BCUT2D eigenvalue weighted by atomic mass is 9.98. The Hall–Kier alpha value is -4.19. The van der Waals surface area contributed by atoms with Gasteiger partial charge in [0, 0.05) is 36.7 Å². The molecule has 2 aromatic heterocycles. The number of rotatable bonds is 11. The van der Waals surface area contributed by atoms with E-state index in [0.717, 1.165) is 12.8 Å². The fraction of sp³-hybridized carbons (Fsp3) is 0.333.